The van der Waals surface area contributed by atoms with Crippen LogP contribution in [0.4, 0.5) is 0 Å². The number of aliphatic carboxylic acids is 1. The van der Waals surface area contributed by atoms with Crippen LogP contribution in [0.2, 0.25) is 0 Å². The van der Waals surface area contributed by atoms with Gasteiger partial charge in [-0.3, -0.25) is 14.4 Å². The topological polar surface area (TPSA) is 119 Å². The highest BCUT2D eigenvalue weighted by atomic mass is 16.5. The van der Waals surface area contributed by atoms with Gasteiger partial charge in [0, 0.05) is 5.41 Å². The smallest absolute Gasteiger partial charge is 0.327 e. The minimum absolute atomic E-state index is 0.0490. The first-order valence-electron chi connectivity index (χ1n) is 10.6. The number of carbonyl (C=O) groups is 4. The molecule has 4 saturated carbocycles. The van der Waals surface area contributed by atoms with Crippen molar-refractivity contribution in [3.63, 3.8) is 0 Å². The SMILES string of the molecule is CCOC(=O)C[C@@H](C(=O)OCC)[C@@H](NC(=O)C12CC3CC(CC(C3)C1)C2)C(=O)O. The van der Waals surface area contributed by atoms with E-state index < -0.39 is 41.7 Å². The van der Waals surface area contributed by atoms with Gasteiger partial charge in [-0.15, -0.1) is 0 Å². The lowest BCUT2D eigenvalue weighted by Gasteiger charge is -2.55. The van der Waals surface area contributed by atoms with Crippen molar-refractivity contribution in [2.45, 2.75) is 64.8 Å². The summed E-state index contributed by atoms with van der Waals surface area (Å²) in [7, 11) is 0. The van der Waals surface area contributed by atoms with E-state index in [2.05, 4.69) is 5.32 Å². The summed E-state index contributed by atoms with van der Waals surface area (Å²) < 4.78 is 9.87. The van der Waals surface area contributed by atoms with Gasteiger partial charge in [-0.2, -0.15) is 0 Å². The standard InChI is InChI=1S/C21H31NO7/c1-3-28-16(23)8-15(19(26)29-4-2)17(18(24)25)22-20(27)21-9-12-5-13(10-21)7-14(6-12)11-21/h12-15,17H,3-11H2,1-2H3,(H,22,27)(H,24,25)/t12?,13?,14?,15-,17-,21?/m1/s1. The van der Waals surface area contributed by atoms with E-state index in [1.165, 1.54) is 0 Å². The number of carboxylic acids is 1. The second kappa shape index (κ2) is 8.71. The second-order valence-electron chi connectivity index (χ2n) is 8.85. The number of amides is 1. The fourth-order valence-corrected chi connectivity index (χ4v) is 6.00. The molecule has 2 N–H and O–H groups in total. The fourth-order valence-electron chi connectivity index (χ4n) is 6.00. The summed E-state index contributed by atoms with van der Waals surface area (Å²) in [5.74, 6) is -2.93. The maximum atomic E-state index is 13.3. The zero-order chi connectivity index (χ0) is 21.2. The van der Waals surface area contributed by atoms with Crippen molar-refractivity contribution in [2.75, 3.05) is 13.2 Å². The molecule has 0 spiro atoms. The molecule has 4 bridgehead atoms. The number of rotatable bonds is 9. The van der Waals surface area contributed by atoms with E-state index in [-0.39, 0.29) is 19.1 Å². The van der Waals surface area contributed by atoms with Crippen LogP contribution in [0.3, 0.4) is 0 Å². The van der Waals surface area contributed by atoms with Gasteiger partial charge in [0.15, 0.2) is 0 Å². The molecule has 29 heavy (non-hydrogen) atoms. The Kier molecular flexibility index (Phi) is 6.49. The minimum atomic E-state index is -1.53. The molecule has 4 aliphatic carbocycles. The average molecular weight is 409 g/mol. The molecule has 1 amide bonds. The van der Waals surface area contributed by atoms with Gasteiger partial charge in [-0.1, -0.05) is 0 Å². The third-order valence-corrected chi connectivity index (χ3v) is 6.76. The van der Waals surface area contributed by atoms with E-state index in [9.17, 15) is 24.3 Å². The van der Waals surface area contributed by atoms with Crippen molar-refractivity contribution >= 4 is 23.8 Å². The lowest BCUT2D eigenvalue weighted by atomic mass is 9.49. The van der Waals surface area contributed by atoms with Crippen molar-refractivity contribution in [3.05, 3.63) is 0 Å². The molecule has 2 atom stereocenters. The van der Waals surface area contributed by atoms with Crippen molar-refractivity contribution < 1.29 is 33.8 Å². The predicted octanol–water partition coefficient (Wildman–Crippen LogP) is 1.90. The maximum absolute atomic E-state index is 13.3. The van der Waals surface area contributed by atoms with Crippen molar-refractivity contribution in [1.82, 2.24) is 5.32 Å². The molecule has 0 aromatic carbocycles. The molecule has 0 aromatic rings. The molecule has 0 saturated heterocycles. The largest absolute Gasteiger partial charge is 0.480 e. The zero-order valence-electron chi connectivity index (χ0n) is 17.1. The number of hydrogen-bond acceptors (Lipinski definition) is 6. The van der Waals surface area contributed by atoms with E-state index in [0.29, 0.717) is 17.8 Å². The minimum Gasteiger partial charge on any atom is -0.480 e. The summed E-state index contributed by atoms with van der Waals surface area (Å²) in [5, 5.41) is 12.4. The molecule has 0 unspecified atom stereocenters. The zero-order valence-corrected chi connectivity index (χ0v) is 17.1. The molecule has 8 nitrogen and oxygen atoms in total. The first kappa shape index (κ1) is 21.6. The van der Waals surface area contributed by atoms with Gasteiger partial charge in [0.1, 0.15) is 6.04 Å². The summed E-state index contributed by atoms with van der Waals surface area (Å²) in [4.78, 5) is 49.6. The first-order valence-corrected chi connectivity index (χ1v) is 10.6. The van der Waals surface area contributed by atoms with Crippen LogP contribution < -0.4 is 5.32 Å². The molecule has 162 valence electrons. The van der Waals surface area contributed by atoms with Crippen LogP contribution in [0.5, 0.6) is 0 Å². The third kappa shape index (κ3) is 4.56. The highest BCUT2D eigenvalue weighted by Gasteiger charge is 2.55. The van der Waals surface area contributed by atoms with Crippen LogP contribution in [-0.4, -0.2) is 48.2 Å². The summed E-state index contributed by atoms with van der Waals surface area (Å²) in [6.07, 6.45) is 5.34. The van der Waals surface area contributed by atoms with Gasteiger partial charge in [0.2, 0.25) is 5.91 Å². The van der Waals surface area contributed by atoms with Gasteiger partial charge in [-0.05, 0) is 70.1 Å². The Morgan fingerprint density at radius 3 is 1.93 bits per heavy atom. The Bertz CT molecular complexity index is 639. The van der Waals surface area contributed by atoms with E-state index in [1.54, 1.807) is 13.8 Å². The number of ether oxygens (including phenoxy) is 2. The molecule has 8 heteroatoms. The van der Waals surface area contributed by atoms with E-state index in [0.717, 1.165) is 38.5 Å². The number of hydrogen-bond donors (Lipinski definition) is 2. The molecule has 4 aliphatic rings. The van der Waals surface area contributed by atoms with Crippen LogP contribution >= 0.6 is 0 Å². The van der Waals surface area contributed by atoms with Crippen molar-refractivity contribution in [1.29, 1.82) is 0 Å². The van der Waals surface area contributed by atoms with Gasteiger partial charge >= 0.3 is 17.9 Å². The molecule has 0 heterocycles. The summed E-state index contributed by atoms with van der Waals surface area (Å²) >= 11 is 0. The highest BCUT2D eigenvalue weighted by Crippen LogP contribution is 2.60. The second-order valence-corrected chi connectivity index (χ2v) is 8.85. The predicted molar refractivity (Wildman–Crippen MR) is 102 cm³/mol. The van der Waals surface area contributed by atoms with E-state index in [1.807, 2.05) is 0 Å². The van der Waals surface area contributed by atoms with Crippen LogP contribution in [0.25, 0.3) is 0 Å². The number of nitrogens with one attached hydrogen (secondary N) is 1. The van der Waals surface area contributed by atoms with Crippen LogP contribution in [0.15, 0.2) is 0 Å². The van der Waals surface area contributed by atoms with Gasteiger partial charge in [0.25, 0.3) is 0 Å². The highest BCUT2D eigenvalue weighted by molar-refractivity contribution is 5.92. The summed E-state index contributed by atoms with van der Waals surface area (Å²) in [6.45, 7) is 3.39. The van der Waals surface area contributed by atoms with Gasteiger partial charge < -0.3 is 19.9 Å². The third-order valence-electron chi connectivity index (χ3n) is 6.76. The number of carbonyl (C=O) groups excluding carboxylic acids is 3. The summed E-state index contributed by atoms with van der Waals surface area (Å²) in [5.41, 5.74) is -0.550. The number of carboxylic acid groups (broad SMARTS) is 1. The van der Waals surface area contributed by atoms with E-state index in [4.69, 9.17) is 9.47 Å². The first-order chi connectivity index (χ1) is 13.8. The van der Waals surface area contributed by atoms with Crippen LogP contribution in [-0.2, 0) is 28.7 Å². The average Bonchev–Trinajstić information content (AvgIpc) is 2.63. The summed E-state index contributed by atoms with van der Waals surface area (Å²) in [6, 6.07) is -1.53. The molecule has 0 aromatic heterocycles. The molecule has 4 rings (SSSR count). The molecule has 4 fully saturated rings. The Balaban J connectivity index is 1.77. The fraction of sp³-hybridized carbons (Fsp3) is 0.810. The molecular weight excluding hydrogens is 378 g/mol. The monoisotopic (exact) mass is 409 g/mol. The normalized spacial score (nSPS) is 31.6. The van der Waals surface area contributed by atoms with Crippen molar-refractivity contribution in [3.8, 4) is 0 Å². The molecule has 0 radical (unpaired) electrons. The Morgan fingerprint density at radius 2 is 1.48 bits per heavy atom. The molecule has 0 aliphatic heterocycles. The van der Waals surface area contributed by atoms with Gasteiger partial charge in [0.05, 0.1) is 25.6 Å². The molecular formula is C21H31NO7. The quantitative estimate of drug-likeness (QED) is 0.558. The maximum Gasteiger partial charge on any atom is 0.327 e. The lowest BCUT2D eigenvalue weighted by molar-refractivity contribution is -0.162. The van der Waals surface area contributed by atoms with Crippen LogP contribution in [0.1, 0.15) is 58.8 Å². The van der Waals surface area contributed by atoms with E-state index >= 15 is 0 Å². The van der Waals surface area contributed by atoms with Crippen molar-refractivity contribution in [2.24, 2.45) is 29.1 Å². The Hall–Kier alpha value is -2.12. The van der Waals surface area contributed by atoms with Crippen LogP contribution in [0, 0.1) is 29.1 Å². The Morgan fingerprint density at radius 1 is 0.966 bits per heavy atom. The lowest BCUT2D eigenvalue weighted by Crippen LogP contribution is -2.58. The number of esters is 2. The Labute approximate surface area is 170 Å². The van der Waals surface area contributed by atoms with Gasteiger partial charge in [-0.25, -0.2) is 4.79 Å².